The maximum absolute atomic E-state index is 8.92. The van der Waals surface area contributed by atoms with E-state index >= 15 is 0 Å². The highest BCUT2D eigenvalue weighted by atomic mass is 16.6. The number of hydrogen-bond donors (Lipinski definition) is 4. The zero-order chi connectivity index (χ0) is 23.2. The van der Waals surface area contributed by atoms with Crippen molar-refractivity contribution in [2.24, 2.45) is 0 Å². The van der Waals surface area contributed by atoms with E-state index in [1.54, 1.807) is 41.9 Å². The highest BCUT2D eigenvalue weighted by Gasteiger charge is 2.08. The molecule has 6 atom stereocenters. The lowest BCUT2D eigenvalue weighted by atomic mass is 10.4. The predicted molar refractivity (Wildman–Crippen MR) is 112 cm³/mol. The van der Waals surface area contributed by atoms with Gasteiger partial charge in [0.2, 0.25) is 0 Å². The maximum atomic E-state index is 8.92. The van der Waals surface area contributed by atoms with E-state index in [0.29, 0.717) is 26.4 Å². The first-order chi connectivity index (χ1) is 13.5. The molecule has 0 aromatic rings. The molecule has 0 aliphatic rings. The first kappa shape index (κ1) is 33.3. The minimum atomic E-state index is -0.447. The van der Waals surface area contributed by atoms with Crippen molar-refractivity contribution in [1.82, 2.24) is 0 Å². The highest BCUT2D eigenvalue weighted by molar-refractivity contribution is 4.54. The Balaban J connectivity index is -0.000000410. The molecule has 0 heterocycles. The zero-order valence-corrected chi connectivity index (χ0v) is 19.5. The third-order valence-corrected chi connectivity index (χ3v) is 2.99. The van der Waals surface area contributed by atoms with Crippen molar-refractivity contribution in [3.8, 4) is 0 Å². The fraction of sp³-hybridized carbons (Fsp3) is 1.00. The van der Waals surface area contributed by atoms with Crippen LogP contribution in [0.15, 0.2) is 0 Å². The SMILES string of the molecule is CC(O)COC(C)COC(C)CO.CC(O)COC(C)COC(C)CO.COC. The van der Waals surface area contributed by atoms with Crippen molar-refractivity contribution >= 4 is 0 Å². The van der Waals surface area contributed by atoms with Gasteiger partial charge in [-0.3, -0.25) is 0 Å². The summed E-state index contributed by atoms with van der Waals surface area (Å²) in [7, 11) is 3.25. The third kappa shape index (κ3) is 32.5. The van der Waals surface area contributed by atoms with Gasteiger partial charge in [0.05, 0.1) is 76.3 Å². The number of aliphatic hydroxyl groups excluding tert-OH is 4. The summed E-state index contributed by atoms with van der Waals surface area (Å²) in [6.07, 6.45) is -1.31. The van der Waals surface area contributed by atoms with Crippen LogP contribution in [0, 0.1) is 0 Å². The van der Waals surface area contributed by atoms with E-state index in [1.807, 2.05) is 13.8 Å². The van der Waals surface area contributed by atoms with Crippen molar-refractivity contribution in [2.45, 2.75) is 78.2 Å². The van der Waals surface area contributed by atoms with Crippen LogP contribution < -0.4 is 0 Å². The summed E-state index contributed by atoms with van der Waals surface area (Å²) in [6, 6.07) is 0. The predicted octanol–water partition coefficient (Wildman–Crippen LogP) is 0.602. The summed E-state index contributed by atoms with van der Waals surface area (Å²) < 4.78 is 25.2. The number of methoxy groups -OCH3 is 1. The topological polar surface area (TPSA) is 127 Å². The molecule has 0 bridgehead atoms. The average Bonchev–Trinajstić information content (AvgIpc) is 2.67. The van der Waals surface area contributed by atoms with Gasteiger partial charge in [0, 0.05) is 14.2 Å². The first-order valence-electron chi connectivity index (χ1n) is 9.98. The molecule has 9 nitrogen and oxygen atoms in total. The third-order valence-electron chi connectivity index (χ3n) is 2.99. The van der Waals surface area contributed by atoms with E-state index in [4.69, 9.17) is 39.4 Å². The van der Waals surface area contributed by atoms with E-state index < -0.39 is 12.2 Å². The van der Waals surface area contributed by atoms with Gasteiger partial charge in [0.25, 0.3) is 0 Å². The van der Waals surface area contributed by atoms with E-state index in [0.717, 1.165) is 0 Å². The molecular weight excluding hydrogens is 384 g/mol. The van der Waals surface area contributed by atoms with Crippen LogP contribution in [0.1, 0.15) is 41.5 Å². The van der Waals surface area contributed by atoms with Crippen molar-refractivity contribution in [1.29, 1.82) is 0 Å². The van der Waals surface area contributed by atoms with Crippen molar-refractivity contribution in [3.05, 3.63) is 0 Å². The van der Waals surface area contributed by atoms with Crippen LogP contribution in [0.2, 0.25) is 0 Å². The second kappa shape index (κ2) is 23.9. The Morgan fingerprint density at radius 1 is 0.517 bits per heavy atom. The standard InChI is InChI=1S/2C9H20O4.C2H6O/c2*1-7(11)5-12-9(3)6-13-8(2)4-10;1-3-2/h2*7-11H,4-6H2,1-3H3;1-2H3. The quantitative estimate of drug-likeness (QED) is 0.313. The molecule has 180 valence electrons. The molecule has 0 aromatic heterocycles. The largest absolute Gasteiger partial charge is 0.394 e. The molecular formula is C20H46O9. The molecule has 0 radical (unpaired) electrons. The zero-order valence-electron chi connectivity index (χ0n) is 19.5. The van der Waals surface area contributed by atoms with Crippen molar-refractivity contribution in [2.75, 3.05) is 53.9 Å². The summed E-state index contributed by atoms with van der Waals surface area (Å²) in [6.45, 7) is 12.2. The number of ether oxygens (including phenoxy) is 5. The summed E-state index contributed by atoms with van der Waals surface area (Å²) >= 11 is 0. The van der Waals surface area contributed by atoms with Crippen molar-refractivity contribution in [3.63, 3.8) is 0 Å². The Morgan fingerprint density at radius 3 is 0.966 bits per heavy atom. The molecule has 0 spiro atoms. The molecule has 0 amide bonds. The normalized spacial score (nSPS) is 17.0. The smallest absolute Gasteiger partial charge is 0.0781 e. The molecule has 0 aromatic carbocycles. The van der Waals surface area contributed by atoms with Crippen LogP contribution in [0.3, 0.4) is 0 Å². The molecule has 6 unspecified atom stereocenters. The molecule has 9 heteroatoms. The summed E-state index contributed by atoms with van der Waals surface area (Å²) in [5.74, 6) is 0. The highest BCUT2D eigenvalue weighted by Crippen LogP contribution is 1.98. The lowest BCUT2D eigenvalue weighted by Gasteiger charge is -2.16. The molecule has 0 fully saturated rings. The van der Waals surface area contributed by atoms with Crippen LogP contribution >= 0.6 is 0 Å². The van der Waals surface area contributed by atoms with Crippen LogP contribution in [-0.4, -0.2) is 111 Å². The summed E-state index contributed by atoms with van der Waals surface area (Å²) in [5, 5.41) is 35.2. The Bertz CT molecular complexity index is 276. The van der Waals surface area contributed by atoms with Gasteiger partial charge in [-0.25, -0.2) is 0 Å². The Kier molecular flexibility index (Phi) is 27.4. The average molecular weight is 431 g/mol. The van der Waals surface area contributed by atoms with E-state index in [-0.39, 0.29) is 37.6 Å². The second-order valence-electron chi connectivity index (χ2n) is 7.05. The number of aliphatic hydroxyl groups is 4. The molecule has 0 aliphatic carbocycles. The lowest BCUT2D eigenvalue weighted by Crippen LogP contribution is -2.24. The number of rotatable bonds is 14. The van der Waals surface area contributed by atoms with Crippen LogP contribution in [0.25, 0.3) is 0 Å². The van der Waals surface area contributed by atoms with Crippen LogP contribution in [0.4, 0.5) is 0 Å². The van der Waals surface area contributed by atoms with Gasteiger partial charge in [-0.05, 0) is 41.5 Å². The van der Waals surface area contributed by atoms with Gasteiger partial charge in [-0.2, -0.15) is 0 Å². The van der Waals surface area contributed by atoms with E-state index in [9.17, 15) is 0 Å². The second-order valence-corrected chi connectivity index (χ2v) is 7.05. The molecule has 4 N–H and O–H groups in total. The fourth-order valence-electron chi connectivity index (χ4n) is 1.41. The van der Waals surface area contributed by atoms with Crippen LogP contribution in [0.5, 0.6) is 0 Å². The molecule has 0 rings (SSSR count). The minimum absolute atomic E-state index is 0.0170. The van der Waals surface area contributed by atoms with E-state index in [1.165, 1.54) is 0 Å². The Morgan fingerprint density at radius 2 is 0.759 bits per heavy atom. The van der Waals surface area contributed by atoms with Crippen LogP contribution in [-0.2, 0) is 23.7 Å². The minimum Gasteiger partial charge on any atom is -0.394 e. The lowest BCUT2D eigenvalue weighted by molar-refractivity contribution is -0.0620. The first-order valence-corrected chi connectivity index (χ1v) is 9.98. The van der Waals surface area contributed by atoms with Gasteiger partial charge >= 0.3 is 0 Å². The van der Waals surface area contributed by atoms with Gasteiger partial charge in [-0.15, -0.1) is 0 Å². The van der Waals surface area contributed by atoms with Gasteiger partial charge < -0.3 is 44.1 Å². The van der Waals surface area contributed by atoms with Crippen molar-refractivity contribution < 1.29 is 44.1 Å². The monoisotopic (exact) mass is 430 g/mol. The van der Waals surface area contributed by atoms with Gasteiger partial charge in [0.1, 0.15) is 0 Å². The van der Waals surface area contributed by atoms with Gasteiger partial charge in [-0.1, -0.05) is 0 Å². The molecule has 0 saturated carbocycles. The summed E-state index contributed by atoms with van der Waals surface area (Å²) in [4.78, 5) is 0. The van der Waals surface area contributed by atoms with Gasteiger partial charge in [0.15, 0.2) is 0 Å². The molecule has 0 aliphatic heterocycles. The molecule has 0 saturated heterocycles. The maximum Gasteiger partial charge on any atom is 0.0781 e. The van der Waals surface area contributed by atoms with E-state index in [2.05, 4.69) is 4.74 Å². The number of hydrogen-bond acceptors (Lipinski definition) is 9. The Hall–Kier alpha value is -0.360. The fourth-order valence-corrected chi connectivity index (χ4v) is 1.41. The molecule has 29 heavy (non-hydrogen) atoms. The summed E-state index contributed by atoms with van der Waals surface area (Å²) in [5.41, 5.74) is 0. The Labute approximate surface area is 176 Å².